The Labute approximate surface area is 143 Å². The van der Waals surface area contributed by atoms with Gasteiger partial charge in [-0.05, 0) is 25.2 Å². The van der Waals surface area contributed by atoms with Crippen LogP contribution in [-0.2, 0) is 4.57 Å². The molecule has 0 aromatic carbocycles. The maximum Gasteiger partial charge on any atom is 0.325 e. The molecule has 2 aromatic heterocycles. The van der Waals surface area contributed by atoms with E-state index in [1.807, 2.05) is 4.90 Å². The minimum atomic E-state index is -3.94. The normalized spacial score (nSPS) is 16.4. The fraction of sp³-hybridized carbons (Fsp3) is 0.571. The predicted molar refractivity (Wildman–Crippen MR) is 91.0 cm³/mol. The van der Waals surface area contributed by atoms with Gasteiger partial charge < -0.3 is 19.4 Å². The maximum absolute atomic E-state index is 11.9. The van der Waals surface area contributed by atoms with E-state index in [1.54, 1.807) is 0 Å². The van der Waals surface area contributed by atoms with Crippen molar-refractivity contribution in [2.75, 3.05) is 31.3 Å². The Morgan fingerprint density at radius 2 is 2.08 bits per heavy atom. The molecule has 11 heteroatoms. The molecule has 2 aromatic rings. The summed E-state index contributed by atoms with van der Waals surface area (Å²) in [5, 5.41) is 6.36. The summed E-state index contributed by atoms with van der Waals surface area (Å²) in [7, 11) is -2.50. The molecule has 1 fully saturated rings. The predicted octanol–water partition coefficient (Wildman–Crippen LogP) is 0.506. The van der Waals surface area contributed by atoms with E-state index < -0.39 is 13.2 Å². The van der Waals surface area contributed by atoms with Gasteiger partial charge in [0.1, 0.15) is 10.9 Å². The van der Waals surface area contributed by atoms with E-state index in [0.29, 0.717) is 31.0 Å². The van der Waals surface area contributed by atoms with Crippen LogP contribution in [0.5, 0.6) is 5.88 Å². The third-order valence-electron chi connectivity index (χ3n) is 4.39. The van der Waals surface area contributed by atoms with Crippen molar-refractivity contribution >= 4 is 24.4 Å². The second kappa shape index (κ2) is 7.07. The standard InChI is InChI=1S/C14H20N5O5P/c1-24-13-11-10(8-15-18-12(11)20)16-14(17-13)19-5-2-9(3-6-19)4-7-25(21,22)23/h8-9H,2-7H2,1H3,(H,18,20)(H2,21,22,23). The minimum absolute atomic E-state index is 0.0770. The molecule has 25 heavy (non-hydrogen) atoms. The van der Waals surface area contributed by atoms with Gasteiger partial charge in [0, 0.05) is 13.1 Å². The van der Waals surface area contributed by atoms with Gasteiger partial charge in [-0.15, -0.1) is 0 Å². The average molecular weight is 369 g/mol. The molecule has 0 amide bonds. The van der Waals surface area contributed by atoms with Crippen LogP contribution in [-0.4, -0.2) is 56.3 Å². The van der Waals surface area contributed by atoms with Crippen LogP contribution in [0.3, 0.4) is 0 Å². The lowest BCUT2D eigenvalue weighted by Gasteiger charge is -2.32. The van der Waals surface area contributed by atoms with Crippen LogP contribution < -0.4 is 15.2 Å². The molecule has 0 aliphatic carbocycles. The number of nitrogens with zero attached hydrogens (tertiary/aromatic N) is 4. The average Bonchev–Trinajstić information content (AvgIpc) is 2.59. The number of ether oxygens (including phenoxy) is 1. The van der Waals surface area contributed by atoms with Crippen molar-refractivity contribution in [1.82, 2.24) is 20.2 Å². The summed E-state index contributed by atoms with van der Waals surface area (Å²) < 4.78 is 16.2. The van der Waals surface area contributed by atoms with Crippen LogP contribution in [0.4, 0.5) is 5.95 Å². The lowest BCUT2D eigenvalue weighted by Crippen LogP contribution is -2.35. The van der Waals surface area contributed by atoms with Crippen LogP contribution in [0, 0.1) is 5.92 Å². The smallest absolute Gasteiger partial charge is 0.325 e. The van der Waals surface area contributed by atoms with Crippen molar-refractivity contribution in [3.8, 4) is 5.88 Å². The monoisotopic (exact) mass is 369 g/mol. The van der Waals surface area contributed by atoms with Crippen molar-refractivity contribution in [2.45, 2.75) is 19.3 Å². The third kappa shape index (κ3) is 4.15. The molecular weight excluding hydrogens is 349 g/mol. The molecule has 0 bridgehead atoms. The molecule has 1 aliphatic heterocycles. The Hall–Kier alpha value is -2.03. The Morgan fingerprint density at radius 1 is 1.36 bits per heavy atom. The molecule has 10 nitrogen and oxygen atoms in total. The number of hydrogen-bond acceptors (Lipinski definition) is 7. The van der Waals surface area contributed by atoms with Gasteiger partial charge in [0.15, 0.2) is 0 Å². The SMILES string of the molecule is COc1nc(N2CCC(CCP(=O)(O)O)CC2)nc2cn[nH]c(=O)c12. The van der Waals surface area contributed by atoms with Gasteiger partial charge in [-0.3, -0.25) is 9.36 Å². The van der Waals surface area contributed by atoms with E-state index in [4.69, 9.17) is 14.5 Å². The number of anilines is 1. The zero-order valence-corrected chi connectivity index (χ0v) is 14.6. The van der Waals surface area contributed by atoms with E-state index in [2.05, 4.69) is 20.2 Å². The van der Waals surface area contributed by atoms with Crippen LogP contribution >= 0.6 is 7.60 Å². The first-order valence-electron chi connectivity index (χ1n) is 7.96. The van der Waals surface area contributed by atoms with E-state index in [1.165, 1.54) is 13.3 Å². The zero-order valence-electron chi connectivity index (χ0n) is 13.8. The number of aromatic nitrogens is 4. The number of hydrogen-bond donors (Lipinski definition) is 3. The first-order valence-corrected chi connectivity index (χ1v) is 9.76. The van der Waals surface area contributed by atoms with Crippen LogP contribution in [0.25, 0.3) is 10.9 Å². The minimum Gasteiger partial charge on any atom is -0.480 e. The second-order valence-electron chi connectivity index (χ2n) is 6.10. The number of rotatable bonds is 5. The molecule has 0 unspecified atom stereocenters. The van der Waals surface area contributed by atoms with Crippen LogP contribution in [0.1, 0.15) is 19.3 Å². The van der Waals surface area contributed by atoms with Crippen molar-refractivity contribution in [1.29, 1.82) is 0 Å². The van der Waals surface area contributed by atoms with Crippen molar-refractivity contribution < 1.29 is 19.1 Å². The lowest BCUT2D eigenvalue weighted by molar-refractivity contribution is 0.349. The highest BCUT2D eigenvalue weighted by Crippen LogP contribution is 2.38. The second-order valence-corrected chi connectivity index (χ2v) is 7.88. The van der Waals surface area contributed by atoms with Gasteiger partial charge in [0.25, 0.3) is 5.56 Å². The van der Waals surface area contributed by atoms with Gasteiger partial charge in [-0.25, -0.2) is 10.1 Å². The number of nitrogens with one attached hydrogen (secondary N) is 1. The largest absolute Gasteiger partial charge is 0.480 e. The highest BCUT2D eigenvalue weighted by atomic mass is 31.2. The van der Waals surface area contributed by atoms with Crippen LogP contribution in [0.15, 0.2) is 11.0 Å². The molecule has 0 radical (unpaired) electrons. The van der Waals surface area contributed by atoms with Crippen molar-refractivity contribution in [3.63, 3.8) is 0 Å². The van der Waals surface area contributed by atoms with E-state index in [9.17, 15) is 9.36 Å². The molecule has 1 saturated heterocycles. The van der Waals surface area contributed by atoms with Gasteiger partial charge in [-0.2, -0.15) is 10.1 Å². The fourth-order valence-corrected chi connectivity index (χ4v) is 3.72. The molecule has 0 saturated carbocycles. The highest BCUT2D eigenvalue weighted by Gasteiger charge is 2.25. The third-order valence-corrected chi connectivity index (χ3v) is 5.23. The quantitative estimate of drug-likeness (QED) is 0.642. The fourth-order valence-electron chi connectivity index (χ4n) is 3.02. The van der Waals surface area contributed by atoms with E-state index >= 15 is 0 Å². The number of piperidine rings is 1. The Morgan fingerprint density at radius 3 is 2.72 bits per heavy atom. The zero-order chi connectivity index (χ0) is 18.0. The van der Waals surface area contributed by atoms with Crippen LogP contribution in [0.2, 0.25) is 0 Å². The molecular formula is C14H20N5O5P. The molecule has 3 N–H and O–H groups in total. The molecule has 0 atom stereocenters. The Balaban J connectivity index is 1.75. The first kappa shape index (κ1) is 17.8. The number of methoxy groups -OCH3 is 1. The Kier molecular flexibility index (Phi) is 5.03. The maximum atomic E-state index is 11.9. The number of H-pyrrole nitrogens is 1. The highest BCUT2D eigenvalue weighted by molar-refractivity contribution is 7.51. The summed E-state index contributed by atoms with van der Waals surface area (Å²) in [6, 6.07) is 0. The molecule has 1 aliphatic rings. The van der Waals surface area contributed by atoms with E-state index in [0.717, 1.165) is 12.8 Å². The van der Waals surface area contributed by atoms with Gasteiger partial charge >= 0.3 is 7.60 Å². The molecule has 3 heterocycles. The van der Waals surface area contributed by atoms with Crippen molar-refractivity contribution in [2.24, 2.45) is 5.92 Å². The van der Waals surface area contributed by atoms with Gasteiger partial charge in [-0.1, -0.05) is 0 Å². The molecule has 136 valence electrons. The summed E-state index contributed by atoms with van der Waals surface area (Å²) in [6.07, 6.45) is 3.50. The summed E-state index contributed by atoms with van der Waals surface area (Å²) in [5.41, 5.74) is 0.00580. The van der Waals surface area contributed by atoms with E-state index in [-0.39, 0.29) is 23.3 Å². The number of aromatic amines is 1. The first-order chi connectivity index (χ1) is 11.9. The summed E-state index contributed by atoms with van der Waals surface area (Å²) in [5.74, 6) is 0.938. The molecule has 3 rings (SSSR count). The summed E-state index contributed by atoms with van der Waals surface area (Å²) in [4.78, 5) is 40.6. The topological polar surface area (TPSA) is 142 Å². The molecule has 0 spiro atoms. The van der Waals surface area contributed by atoms with Crippen molar-refractivity contribution in [3.05, 3.63) is 16.6 Å². The van der Waals surface area contributed by atoms with Gasteiger partial charge in [0.2, 0.25) is 11.8 Å². The van der Waals surface area contributed by atoms with Gasteiger partial charge in [0.05, 0.1) is 19.5 Å². The lowest BCUT2D eigenvalue weighted by atomic mass is 9.94. The summed E-state index contributed by atoms with van der Waals surface area (Å²) >= 11 is 0. The Bertz CT molecular complexity index is 858. The number of fused-ring (bicyclic) bond motifs is 1. The summed E-state index contributed by atoms with van der Waals surface area (Å²) in [6.45, 7) is 1.36.